The van der Waals surface area contributed by atoms with Crippen LogP contribution in [0.2, 0.25) is 0 Å². The van der Waals surface area contributed by atoms with E-state index in [1.54, 1.807) is 0 Å². The quantitative estimate of drug-likeness (QED) is 0.829. The molecule has 0 atom stereocenters. The Morgan fingerprint density at radius 3 is 2.62 bits per heavy atom. The highest BCUT2D eigenvalue weighted by Crippen LogP contribution is 2.39. The van der Waals surface area contributed by atoms with Crippen LogP contribution in [0.5, 0.6) is 0 Å². The van der Waals surface area contributed by atoms with Gasteiger partial charge in [0.1, 0.15) is 0 Å². The van der Waals surface area contributed by atoms with E-state index < -0.39 is 0 Å². The summed E-state index contributed by atoms with van der Waals surface area (Å²) < 4.78 is 5.10. The zero-order chi connectivity index (χ0) is 15.0. The van der Waals surface area contributed by atoms with E-state index in [9.17, 15) is 9.59 Å². The standard InChI is InChI=1S/C15H21N3O3/c1-10-12(11(2)17-16-10)7-13(19)18-5-3-15(4-6-18)8-14(20)21-9-15/h3-9H2,1-2H3,(H,16,17). The molecule has 6 nitrogen and oxygen atoms in total. The molecule has 0 unspecified atom stereocenters. The molecule has 21 heavy (non-hydrogen) atoms. The van der Waals surface area contributed by atoms with Crippen LogP contribution in [-0.2, 0) is 20.7 Å². The molecule has 6 heteroatoms. The number of rotatable bonds is 2. The first-order valence-electron chi connectivity index (χ1n) is 7.43. The Balaban J connectivity index is 1.59. The number of H-pyrrole nitrogens is 1. The molecule has 0 saturated carbocycles. The number of nitrogens with one attached hydrogen (secondary N) is 1. The van der Waals surface area contributed by atoms with Crippen molar-refractivity contribution in [1.82, 2.24) is 15.1 Å². The number of nitrogens with zero attached hydrogens (tertiary/aromatic N) is 2. The topological polar surface area (TPSA) is 75.3 Å². The van der Waals surface area contributed by atoms with Gasteiger partial charge in [0.15, 0.2) is 0 Å². The number of cyclic esters (lactones) is 1. The first-order valence-corrected chi connectivity index (χ1v) is 7.43. The van der Waals surface area contributed by atoms with Gasteiger partial charge in [-0.25, -0.2) is 0 Å². The number of aromatic amines is 1. The molecule has 0 radical (unpaired) electrons. The lowest BCUT2D eigenvalue weighted by atomic mass is 9.78. The number of piperidine rings is 1. The van der Waals surface area contributed by atoms with Crippen molar-refractivity contribution in [3.63, 3.8) is 0 Å². The van der Waals surface area contributed by atoms with Gasteiger partial charge in [0, 0.05) is 29.8 Å². The largest absolute Gasteiger partial charge is 0.465 e. The average molecular weight is 291 g/mol. The van der Waals surface area contributed by atoms with Crippen LogP contribution in [0, 0.1) is 19.3 Å². The summed E-state index contributed by atoms with van der Waals surface area (Å²) in [4.78, 5) is 25.6. The third kappa shape index (κ3) is 2.66. The van der Waals surface area contributed by atoms with Crippen LogP contribution in [-0.4, -0.2) is 46.7 Å². The zero-order valence-corrected chi connectivity index (χ0v) is 12.6. The monoisotopic (exact) mass is 291 g/mol. The molecule has 2 saturated heterocycles. The number of esters is 1. The molecule has 2 aliphatic rings. The molecule has 3 rings (SSSR count). The molecule has 1 aromatic heterocycles. The second kappa shape index (κ2) is 5.16. The Hall–Kier alpha value is -1.85. The Kier molecular flexibility index (Phi) is 3.47. The smallest absolute Gasteiger partial charge is 0.306 e. The summed E-state index contributed by atoms with van der Waals surface area (Å²) >= 11 is 0. The average Bonchev–Trinajstić information content (AvgIpc) is 2.97. The highest BCUT2D eigenvalue weighted by atomic mass is 16.5. The molecule has 0 aliphatic carbocycles. The van der Waals surface area contributed by atoms with Gasteiger partial charge in [-0.1, -0.05) is 0 Å². The SMILES string of the molecule is Cc1n[nH]c(C)c1CC(=O)N1CCC2(CC1)COC(=O)C2. The number of carbonyl (C=O) groups is 2. The maximum absolute atomic E-state index is 12.4. The molecule has 3 heterocycles. The summed E-state index contributed by atoms with van der Waals surface area (Å²) in [6, 6.07) is 0. The fourth-order valence-corrected chi connectivity index (χ4v) is 3.29. The molecular weight excluding hydrogens is 270 g/mol. The number of likely N-dealkylation sites (tertiary alicyclic amines) is 1. The van der Waals surface area contributed by atoms with Crippen molar-refractivity contribution in [2.45, 2.75) is 39.5 Å². The van der Waals surface area contributed by atoms with Crippen LogP contribution in [0.1, 0.15) is 36.2 Å². The summed E-state index contributed by atoms with van der Waals surface area (Å²) in [6.45, 7) is 5.80. The van der Waals surface area contributed by atoms with Crippen LogP contribution >= 0.6 is 0 Å². The van der Waals surface area contributed by atoms with E-state index >= 15 is 0 Å². The Bertz CT molecular complexity index is 551. The number of aromatic nitrogens is 2. The van der Waals surface area contributed by atoms with E-state index in [1.807, 2.05) is 18.7 Å². The van der Waals surface area contributed by atoms with Crippen molar-refractivity contribution in [1.29, 1.82) is 0 Å². The molecule has 1 amide bonds. The zero-order valence-electron chi connectivity index (χ0n) is 12.6. The third-order valence-corrected chi connectivity index (χ3v) is 4.84. The van der Waals surface area contributed by atoms with Gasteiger partial charge in [0.2, 0.25) is 5.91 Å². The van der Waals surface area contributed by atoms with E-state index in [2.05, 4.69) is 10.2 Å². The molecular formula is C15H21N3O3. The minimum atomic E-state index is -0.0978. The fraction of sp³-hybridized carbons (Fsp3) is 0.667. The van der Waals surface area contributed by atoms with Crippen molar-refractivity contribution in [2.24, 2.45) is 5.41 Å². The second-order valence-electron chi connectivity index (χ2n) is 6.31. The Morgan fingerprint density at radius 2 is 2.10 bits per heavy atom. The number of carbonyl (C=O) groups excluding carboxylic acids is 2. The first kappa shape index (κ1) is 14.1. The molecule has 0 bridgehead atoms. The van der Waals surface area contributed by atoms with Crippen molar-refractivity contribution >= 4 is 11.9 Å². The number of ether oxygens (including phenoxy) is 1. The van der Waals surface area contributed by atoms with Crippen molar-refractivity contribution < 1.29 is 14.3 Å². The molecule has 0 aromatic carbocycles. The van der Waals surface area contributed by atoms with Gasteiger partial charge in [-0.2, -0.15) is 5.10 Å². The van der Waals surface area contributed by atoms with Gasteiger partial charge >= 0.3 is 5.97 Å². The van der Waals surface area contributed by atoms with E-state index in [0.717, 1.165) is 29.8 Å². The van der Waals surface area contributed by atoms with Gasteiger partial charge in [0.25, 0.3) is 0 Å². The molecule has 2 fully saturated rings. The lowest BCUT2D eigenvalue weighted by molar-refractivity contribution is -0.138. The highest BCUT2D eigenvalue weighted by Gasteiger charge is 2.43. The van der Waals surface area contributed by atoms with Crippen molar-refractivity contribution in [3.05, 3.63) is 17.0 Å². The van der Waals surface area contributed by atoms with Crippen molar-refractivity contribution in [3.8, 4) is 0 Å². The van der Waals surface area contributed by atoms with Crippen LogP contribution in [0.25, 0.3) is 0 Å². The summed E-state index contributed by atoms with van der Waals surface area (Å²) in [5.74, 6) is 0.0436. The Morgan fingerprint density at radius 1 is 1.38 bits per heavy atom. The lowest BCUT2D eigenvalue weighted by Gasteiger charge is -2.37. The molecule has 1 N–H and O–H groups in total. The van der Waals surface area contributed by atoms with Crippen LogP contribution in [0.3, 0.4) is 0 Å². The van der Waals surface area contributed by atoms with Crippen LogP contribution < -0.4 is 0 Å². The summed E-state index contributed by atoms with van der Waals surface area (Å²) in [5.41, 5.74) is 2.84. The maximum atomic E-state index is 12.4. The summed E-state index contributed by atoms with van der Waals surface area (Å²) in [6.07, 6.45) is 2.62. The number of amides is 1. The Labute approximate surface area is 123 Å². The van der Waals surface area contributed by atoms with Gasteiger partial charge < -0.3 is 9.64 Å². The summed E-state index contributed by atoms with van der Waals surface area (Å²) in [7, 11) is 0. The van der Waals surface area contributed by atoms with Crippen molar-refractivity contribution in [2.75, 3.05) is 19.7 Å². The number of hydrogen-bond acceptors (Lipinski definition) is 4. The number of aryl methyl sites for hydroxylation is 2. The lowest BCUT2D eigenvalue weighted by Crippen LogP contribution is -2.44. The van der Waals surface area contributed by atoms with E-state index in [0.29, 0.717) is 32.5 Å². The molecule has 114 valence electrons. The van der Waals surface area contributed by atoms with Gasteiger partial charge in [-0.3, -0.25) is 14.7 Å². The first-order chi connectivity index (χ1) is 9.99. The summed E-state index contributed by atoms with van der Waals surface area (Å²) in [5, 5.41) is 7.05. The molecule has 1 spiro atoms. The second-order valence-corrected chi connectivity index (χ2v) is 6.31. The molecule has 1 aromatic rings. The minimum absolute atomic E-state index is 0.0185. The van der Waals surface area contributed by atoms with Crippen LogP contribution in [0.15, 0.2) is 0 Å². The minimum Gasteiger partial charge on any atom is -0.465 e. The third-order valence-electron chi connectivity index (χ3n) is 4.84. The van der Waals surface area contributed by atoms with E-state index in [-0.39, 0.29) is 17.3 Å². The van der Waals surface area contributed by atoms with Crippen LogP contribution in [0.4, 0.5) is 0 Å². The van der Waals surface area contributed by atoms with Gasteiger partial charge in [-0.05, 0) is 26.7 Å². The fourth-order valence-electron chi connectivity index (χ4n) is 3.29. The number of hydrogen-bond donors (Lipinski definition) is 1. The predicted octanol–water partition coefficient (Wildman–Crippen LogP) is 1.12. The van der Waals surface area contributed by atoms with Gasteiger partial charge in [0.05, 0.1) is 25.1 Å². The normalized spacial score (nSPS) is 20.9. The van der Waals surface area contributed by atoms with Gasteiger partial charge in [-0.15, -0.1) is 0 Å². The van der Waals surface area contributed by atoms with E-state index in [4.69, 9.17) is 4.74 Å². The maximum Gasteiger partial charge on any atom is 0.306 e. The molecule has 2 aliphatic heterocycles. The van der Waals surface area contributed by atoms with E-state index in [1.165, 1.54) is 0 Å². The predicted molar refractivity (Wildman–Crippen MR) is 75.6 cm³/mol. The highest BCUT2D eigenvalue weighted by molar-refractivity contribution is 5.79.